The lowest BCUT2D eigenvalue weighted by Crippen LogP contribution is -2.40. The van der Waals surface area contributed by atoms with Crippen molar-refractivity contribution in [1.29, 1.82) is 0 Å². The number of rotatable bonds is 8. The Bertz CT molecular complexity index is 1520. The van der Waals surface area contributed by atoms with Gasteiger partial charge in [-0.15, -0.1) is 0 Å². The van der Waals surface area contributed by atoms with Crippen LogP contribution in [0.4, 0.5) is 5.82 Å². The molecule has 2 aromatic carbocycles. The number of hydrogen-bond acceptors (Lipinski definition) is 6. The summed E-state index contributed by atoms with van der Waals surface area (Å²) < 4.78 is 8.27. The molecular weight excluding hydrogens is 500 g/mol. The molecule has 206 valence electrons. The van der Waals surface area contributed by atoms with E-state index in [0.717, 1.165) is 65.3 Å². The molecule has 2 fully saturated rings. The molecule has 3 heterocycles. The third kappa shape index (κ3) is 5.31. The number of likely N-dealkylation sites (tertiary alicyclic amines) is 1. The SMILES string of the molecule is Cc1c(-c2ccc(Oc3ccccc3)cc2)c2c(N)ncnc2n1[C@@H]1CCCN(C(=O)C=CCN(C)C2CC2)C1. The van der Waals surface area contributed by atoms with Crippen molar-refractivity contribution < 1.29 is 9.53 Å². The Hall–Kier alpha value is -4.17. The quantitative estimate of drug-likeness (QED) is 0.295. The van der Waals surface area contributed by atoms with Crippen molar-refractivity contribution in [3.63, 3.8) is 0 Å². The molecule has 1 atom stereocenters. The average molecular weight is 537 g/mol. The Labute approximate surface area is 235 Å². The first kappa shape index (κ1) is 26.1. The number of piperidine rings is 1. The van der Waals surface area contributed by atoms with E-state index in [0.29, 0.717) is 18.4 Å². The van der Waals surface area contributed by atoms with Crippen LogP contribution in [0.15, 0.2) is 73.1 Å². The van der Waals surface area contributed by atoms with Gasteiger partial charge in [-0.3, -0.25) is 9.69 Å². The number of fused-ring (bicyclic) bond motifs is 1. The van der Waals surface area contributed by atoms with Gasteiger partial charge in [0.15, 0.2) is 0 Å². The van der Waals surface area contributed by atoms with E-state index in [-0.39, 0.29) is 11.9 Å². The van der Waals surface area contributed by atoms with Crippen LogP contribution in [0.25, 0.3) is 22.2 Å². The summed E-state index contributed by atoms with van der Waals surface area (Å²) in [4.78, 5) is 26.4. The van der Waals surface area contributed by atoms with E-state index in [1.165, 1.54) is 19.2 Å². The summed E-state index contributed by atoms with van der Waals surface area (Å²) in [6.07, 6.45) is 9.70. The van der Waals surface area contributed by atoms with Crippen LogP contribution in [0.5, 0.6) is 11.5 Å². The number of nitrogens with two attached hydrogens (primary N) is 1. The van der Waals surface area contributed by atoms with Gasteiger partial charge in [0.1, 0.15) is 29.3 Å². The van der Waals surface area contributed by atoms with Gasteiger partial charge in [0.2, 0.25) is 5.91 Å². The molecule has 6 rings (SSSR count). The van der Waals surface area contributed by atoms with Crippen molar-refractivity contribution in [2.24, 2.45) is 0 Å². The highest BCUT2D eigenvalue weighted by Crippen LogP contribution is 2.40. The number of carbonyl (C=O) groups excluding carboxylic acids is 1. The number of benzene rings is 2. The van der Waals surface area contributed by atoms with Crippen LogP contribution in [0.1, 0.15) is 37.4 Å². The second-order valence-electron chi connectivity index (χ2n) is 10.9. The Morgan fingerprint density at radius 2 is 1.82 bits per heavy atom. The maximum Gasteiger partial charge on any atom is 0.246 e. The molecule has 1 aliphatic carbocycles. The summed E-state index contributed by atoms with van der Waals surface area (Å²) in [5, 5.41) is 0.850. The standard InChI is InChI=1S/C32H36N6O2/c1-22-29(23-12-16-27(17-13-23)40-26-9-4-3-5-10-26)30-31(33)34-21-35-32(30)38(22)25-8-6-19-37(20-25)28(39)11-7-18-36(2)24-14-15-24/h3-5,7,9-13,16-17,21,24-25H,6,8,14-15,18-20H2,1-2H3,(H2,33,34,35)/t25-/m1/s1. The fourth-order valence-electron chi connectivity index (χ4n) is 5.84. The predicted octanol–water partition coefficient (Wildman–Crippen LogP) is 5.60. The highest BCUT2D eigenvalue weighted by molar-refractivity contribution is 6.02. The van der Waals surface area contributed by atoms with Gasteiger partial charge in [0.25, 0.3) is 0 Å². The average Bonchev–Trinajstić information content (AvgIpc) is 3.78. The highest BCUT2D eigenvalue weighted by Gasteiger charge is 2.29. The van der Waals surface area contributed by atoms with Gasteiger partial charge >= 0.3 is 0 Å². The number of para-hydroxylation sites is 1. The van der Waals surface area contributed by atoms with E-state index in [4.69, 9.17) is 10.5 Å². The number of likely N-dealkylation sites (N-methyl/N-ethyl adjacent to an activating group) is 1. The van der Waals surface area contributed by atoms with Crippen LogP contribution >= 0.6 is 0 Å². The molecule has 2 N–H and O–H groups in total. The summed E-state index contributed by atoms with van der Waals surface area (Å²) in [6, 6.07) is 18.6. The highest BCUT2D eigenvalue weighted by atomic mass is 16.5. The predicted molar refractivity (Wildman–Crippen MR) is 158 cm³/mol. The van der Waals surface area contributed by atoms with Gasteiger partial charge in [-0.1, -0.05) is 36.4 Å². The molecule has 1 saturated carbocycles. The Morgan fingerprint density at radius 1 is 1.07 bits per heavy atom. The zero-order valence-corrected chi connectivity index (χ0v) is 23.2. The molecule has 8 nitrogen and oxygen atoms in total. The van der Waals surface area contributed by atoms with E-state index in [1.54, 1.807) is 6.08 Å². The van der Waals surface area contributed by atoms with Crippen LogP contribution < -0.4 is 10.5 Å². The van der Waals surface area contributed by atoms with Crippen LogP contribution in [0, 0.1) is 6.92 Å². The number of anilines is 1. The molecule has 0 unspecified atom stereocenters. The largest absolute Gasteiger partial charge is 0.457 e. The molecule has 0 spiro atoms. The van der Waals surface area contributed by atoms with Crippen LogP contribution in [0.3, 0.4) is 0 Å². The minimum atomic E-state index is 0.0754. The minimum Gasteiger partial charge on any atom is -0.457 e. The topological polar surface area (TPSA) is 89.5 Å². The molecule has 4 aromatic rings. The first-order valence-corrected chi connectivity index (χ1v) is 14.1. The molecule has 1 amide bonds. The van der Waals surface area contributed by atoms with Crippen molar-refractivity contribution >= 4 is 22.8 Å². The molecule has 0 bridgehead atoms. The number of hydrogen-bond donors (Lipinski definition) is 1. The second-order valence-corrected chi connectivity index (χ2v) is 10.9. The molecule has 40 heavy (non-hydrogen) atoms. The summed E-state index contributed by atoms with van der Waals surface area (Å²) in [6.45, 7) is 4.33. The smallest absolute Gasteiger partial charge is 0.246 e. The lowest BCUT2D eigenvalue weighted by molar-refractivity contribution is -0.127. The van der Waals surface area contributed by atoms with Crippen molar-refractivity contribution in [1.82, 2.24) is 24.3 Å². The van der Waals surface area contributed by atoms with Gasteiger partial charge in [-0.2, -0.15) is 0 Å². The maximum atomic E-state index is 13.1. The van der Waals surface area contributed by atoms with Gasteiger partial charge in [0, 0.05) is 43.0 Å². The number of carbonyl (C=O) groups is 1. The van der Waals surface area contributed by atoms with E-state index >= 15 is 0 Å². The Balaban J connectivity index is 1.27. The lowest BCUT2D eigenvalue weighted by Gasteiger charge is -2.34. The van der Waals surface area contributed by atoms with Gasteiger partial charge in [-0.25, -0.2) is 9.97 Å². The van der Waals surface area contributed by atoms with Gasteiger partial charge in [0.05, 0.1) is 11.4 Å². The Kier molecular flexibility index (Phi) is 7.26. The molecule has 2 aliphatic rings. The molecule has 8 heteroatoms. The number of nitrogen functional groups attached to an aromatic ring is 1. The number of amides is 1. The van der Waals surface area contributed by atoms with Crippen molar-refractivity contribution in [2.45, 2.75) is 44.7 Å². The normalized spacial score (nSPS) is 17.7. The van der Waals surface area contributed by atoms with Crippen molar-refractivity contribution in [3.8, 4) is 22.6 Å². The Morgan fingerprint density at radius 3 is 2.58 bits per heavy atom. The monoisotopic (exact) mass is 536 g/mol. The molecule has 2 aromatic heterocycles. The summed E-state index contributed by atoms with van der Waals surface area (Å²) in [5.41, 5.74) is 10.4. The van der Waals surface area contributed by atoms with E-state index in [2.05, 4.69) is 45.5 Å². The number of ether oxygens (including phenoxy) is 1. The van der Waals surface area contributed by atoms with Crippen molar-refractivity contribution in [3.05, 3.63) is 78.8 Å². The zero-order valence-electron chi connectivity index (χ0n) is 23.2. The van der Waals surface area contributed by atoms with E-state index in [9.17, 15) is 4.79 Å². The minimum absolute atomic E-state index is 0.0754. The zero-order chi connectivity index (χ0) is 27.6. The van der Waals surface area contributed by atoms with Crippen LogP contribution in [0.2, 0.25) is 0 Å². The third-order valence-electron chi connectivity index (χ3n) is 8.08. The molecule has 1 saturated heterocycles. The first-order chi connectivity index (χ1) is 19.5. The van der Waals surface area contributed by atoms with Gasteiger partial charge in [-0.05, 0) is 69.5 Å². The molecular formula is C32H36N6O2. The van der Waals surface area contributed by atoms with Gasteiger partial charge < -0.3 is 19.9 Å². The fraction of sp³-hybridized carbons (Fsp3) is 0.344. The van der Waals surface area contributed by atoms with Crippen LogP contribution in [-0.2, 0) is 4.79 Å². The van der Waals surface area contributed by atoms with E-state index in [1.807, 2.05) is 53.4 Å². The fourth-order valence-corrected chi connectivity index (χ4v) is 5.84. The third-order valence-corrected chi connectivity index (χ3v) is 8.08. The van der Waals surface area contributed by atoms with E-state index < -0.39 is 0 Å². The number of nitrogens with zero attached hydrogens (tertiary/aromatic N) is 5. The molecule has 1 aliphatic heterocycles. The summed E-state index contributed by atoms with van der Waals surface area (Å²) >= 11 is 0. The summed E-state index contributed by atoms with van der Waals surface area (Å²) in [7, 11) is 2.12. The van der Waals surface area contributed by atoms with Crippen LogP contribution in [-0.4, -0.2) is 63.0 Å². The summed E-state index contributed by atoms with van der Waals surface area (Å²) in [5.74, 6) is 2.09. The lowest BCUT2D eigenvalue weighted by atomic mass is 10.0. The first-order valence-electron chi connectivity index (χ1n) is 14.1. The maximum absolute atomic E-state index is 13.1. The van der Waals surface area contributed by atoms with Crippen molar-refractivity contribution in [2.75, 3.05) is 32.4 Å². The second kappa shape index (κ2) is 11.1. The molecule has 0 radical (unpaired) electrons. The number of aromatic nitrogens is 3.